The Kier molecular flexibility index (Phi) is 8.09. The first kappa shape index (κ1) is 21.0. The highest BCUT2D eigenvalue weighted by atomic mass is 16.5. The SMILES string of the molecule is C1CCNCC1.O=C1COc2ccc(CNC3(CCO)CCNCC3)cc2N1. The van der Waals surface area contributed by atoms with Gasteiger partial charge >= 0.3 is 0 Å². The smallest absolute Gasteiger partial charge is 0.262 e. The van der Waals surface area contributed by atoms with Gasteiger partial charge in [0.25, 0.3) is 5.91 Å². The summed E-state index contributed by atoms with van der Waals surface area (Å²) < 4.78 is 5.37. The predicted octanol–water partition coefficient (Wildman–Crippen LogP) is 1.37. The van der Waals surface area contributed by atoms with E-state index in [1.54, 1.807) is 0 Å². The summed E-state index contributed by atoms with van der Waals surface area (Å²) in [5, 5.41) is 22.4. The fraction of sp³-hybridized carbons (Fsp3) is 0.667. The molecule has 2 saturated heterocycles. The normalized spacial score (nSPS) is 20.8. The predicted molar refractivity (Wildman–Crippen MR) is 111 cm³/mol. The van der Waals surface area contributed by atoms with Crippen molar-refractivity contribution in [3.05, 3.63) is 23.8 Å². The molecular weight excluding hydrogens is 356 g/mol. The minimum absolute atomic E-state index is 0.00431. The van der Waals surface area contributed by atoms with Gasteiger partial charge < -0.3 is 31.1 Å². The van der Waals surface area contributed by atoms with Gasteiger partial charge in [0.15, 0.2) is 6.61 Å². The average Bonchev–Trinajstić information content (AvgIpc) is 2.75. The number of aliphatic hydroxyl groups is 1. The number of fused-ring (bicyclic) bond motifs is 1. The van der Waals surface area contributed by atoms with Gasteiger partial charge in [0, 0.05) is 18.7 Å². The van der Waals surface area contributed by atoms with E-state index in [2.05, 4.69) is 21.3 Å². The summed E-state index contributed by atoms with van der Waals surface area (Å²) in [4.78, 5) is 11.4. The third-order valence-corrected chi connectivity index (χ3v) is 5.70. The molecule has 0 saturated carbocycles. The van der Waals surface area contributed by atoms with Crippen LogP contribution in [0.3, 0.4) is 0 Å². The van der Waals surface area contributed by atoms with Crippen molar-refractivity contribution in [3.63, 3.8) is 0 Å². The number of ether oxygens (including phenoxy) is 1. The summed E-state index contributed by atoms with van der Waals surface area (Å²) in [6.45, 7) is 5.43. The molecule has 1 aromatic carbocycles. The number of nitrogens with one attached hydrogen (secondary N) is 4. The molecule has 0 aliphatic carbocycles. The molecule has 4 rings (SSSR count). The summed E-state index contributed by atoms with van der Waals surface area (Å²) in [6.07, 6.45) is 7.00. The van der Waals surface area contributed by atoms with Gasteiger partial charge in [-0.1, -0.05) is 12.5 Å². The van der Waals surface area contributed by atoms with Crippen LogP contribution in [0.2, 0.25) is 0 Å². The second kappa shape index (κ2) is 10.8. The zero-order valence-electron chi connectivity index (χ0n) is 16.7. The second-order valence-electron chi connectivity index (χ2n) is 7.84. The number of hydrogen-bond donors (Lipinski definition) is 5. The van der Waals surface area contributed by atoms with E-state index in [-0.39, 0.29) is 24.7 Å². The summed E-state index contributed by atoms with van der Waals surface area (Å²) in [6, 6.07) is 5.86. The van der Waals surface area contributed by atoms with E-state index in [0.717, 1.165) is 49.4 Å². The lowest BCUT2D eigenvalue weighted by Crippen LogP contribution is -2.52. The van der Waals surface area contributed by atoms with Crippen LogP contribution in [0, 0.1) is 0 Å². The zero-order chi connectivity index (χ0) is 19.7. The third-order valence-electron chi connectivity index (χ3n) is 5.70. The van der Waals surface area contributed by atoms with E-state index in [1.165, 1.54) is 32.4 Å². The van der Waals surface area contributed by atoms with Crippen molar-refractivity contribution in [3.8, 4) is 5.75 Å². The summed E-state index contributed by atoms with van der Waals surface area (Å²) in [5.74, 6) is 0.600. The molecule has 0 spiro atoms. The van der Waals surface area contributed by atoms with Crippen LogP contribution >= 0.6 is 0 Å². The van der Waals surface area contributed by atoms with Crippen LogP contribution in [0.1, 0.15) is 44.1 Å². The van der Waals surface area contributed by atoms with Crippen LogP contribution in [0.25, 0.3) is 0 Å². The van der Waals surface area contributed by atoms with Gasteiger partial charge in [0.1, 0.15) is 5.75 Å². The van der Waals surface area contributed by atoms with Crippen LogP contribution in [0.4, 0.5) is 5.69 Å². The molecule has 7 heteroatoms. The Labute approximate surface area is 167 Å². The molecule has 0 bridgehead atoms. The lowest BCUT2D eigenvalue weighted by Gasteiger charge is -2.38. The van der Waals surface area contributed by atoms with Crippen LogP contribution < -0.4 is 26.0 Å². The van der Waals surface area contributed by atoms with E-state index in [4.69, 9.17) is 4.74 Å². The average molecular weight is 391 g/mol. The first-order valence-corrected chi connectivity index (χ1v) is 10.5. The Hall–Kier alpha value is -1.67. The van der Waals surface area contributed by atoms with E-state index in [1.807, 2.05) is 18.2 Å². The molecular formula is C21H34N4O3. The van der Waals surface area contributed by atoms with Gasteiger partial charge in [0.2, 0.25) is 0 Å². The Morgan fingerprint density at radius 3 is 2.46 bits per heavy atom. The Morgan fingerprint density at radius 2 is 1.82 bits per heavy atom. The number of carbonyl (C=O) groups is 1. The third kappa shape index (κ3) is 6.17. The number of rotatable bonds is 5. The molecule has 3 aliphatic heterocycles. The van der Waals surface area contributed by atoms with E-state index in [0.29, 0.717) is 6.54 Å². The minimum Gasteiger partial charge on any atom is -0.482 e. The topological polar surface area (TPSA) is 94.7 Å². The van der Waals surface area contributed by atoms with Gasteiger partial charge in [0.05, 0.1) is 5.69 Å². The molecule has 0 radical (unpaired) electrons. The zero-order valence-corrected chi connectivity index (χ0v) is 16.7. The van der Waals surface area contributed by atoms with Crippen molar-refractivity contribution in [2.45, 2.75) is 50.6 Å². The maximum atomic E-state index is 11.4. The summed E-state index contributed by atoms with van der Waals surface area (Å²) in [5.41, 5.74) is 1.83. The monoisotopic (exact) mass is 390 g/mol. The second-order valence-corrected chi connectivity index (χ2v) is 7.84. The van der Waals surface area contributed by atoms with Crippen molar-refractivity contribution in [1.82, 2.24) is 16.0 Å². The number of amides is 1. The Morgan fingerprint density at radius 1 is 1.07 bits per heavy atom. The quantitative estimate of drug-likeness (QED) is 0.521. The van der Waals surface area contributed by atoms with Gasteiger partial charge in [-0.3, -0.25) is 4.79 Å². The molecule has 0 aromatic heterocycles. The Balaban J connectivity index is 0.000000320. The van der Waals surface area contributed by atoms with Gasteiger partial charge in [-0.05, 0) is 76.0 Å². The van der Waals surface area contributed by atoms with Gasteiger partial charge in [-0.15, -0.1) is 0 Å². The van der Waals surface area contributed by atoms with E-state index in [9.17, 15) is 9.90 Å². The van der Waals surface area contributed by atoms with Crippen LogP contribution in [-0.2, 0) is 11.3 Å². The van der Waals surface area contributed by atoms with Crippen molar-refractivity contribution < 1.29 is 14.6 Å². The maximum Gasteiger partial charge on any atom is 0.262 e. The number of anilines is 1. The molecule has 1 aromatic rings. The highest BCUT2D eigenvalue weighted by Gasteiger charge is 2.30. The number of aliphatic hydroxyl groups excluding tert-OH is 1. The fourth-order valence-corrected chi connectivity index (χ4v) is 3.97. The summed E-state index contributed by atoms with van der Waals surface area (Å²) in [7, 11) is 0. The van der Waals surface area contributed by atoms with Crippen LogP contribution in [0.5, 0.6) is 5.75 Å². The molecule has 156 valence electrons. The van der Waals surface area contributed by atoms with Crippen molar-refractivity contribution >= 4 is 11.6 Å². The van der Waals surface area contributed by atoms with E-state index >= 15 is 0 Å². The van der Waals surface area contributed by atoms with Crippen LogP contribution in [-0.4, -0.2) is 55.9 Å². The molecule has 7 nitrogen and oxygen atoms in total. The molecule has 3 aliphatic rings. The summed E-state index contributed by atoms with van der Waals surface area (Å²) >= 11 is 0. The number of benzene rings is 1. The van der Waals surface area contributed by atoms with E-state index < -0.39 is 0 Å². The number of piperidine rings is 2. The number of carbonyl (C=O) groups excluding carboxylic acids is 1. The molecule has 0 unspecified atom stereocenters. The molecule has 5 N–H and O–H groups in total. The Bertz CT molecular complexity index is 611. The molecule has 0 atom stereocenters. The maximum absolute atomic E-state index is 11.4. The van der Waals surface area contributed by atoms with Gasteiger partial charge in [-0.25, -0.2) is 0 Å². The van der Waals surface area contributed by atoms with Crippen LogP contribution in [0.15, 0.2) is 18.2 Å². The standard InChI is InChI=1S/C16H23N3O3.C5H11N/c20-8-5-16(3-6-17-7-4-16)18-10-12-1-2-14-13(9-12)19-15(21)11-22-14;1-2-4-6-5-3-1/h1-2,9,17-18,20H,3-8,10-11H2,(H,19,21);6H,1-5H2. The molecule has 1 amide bonds. The minimum atomic E-state index is -0.118. The lowest BCUT2D eigenvalue weighted by atomic mass is 9.85. The highest BCUT2D eigenvalue weighted by molar-refractivity contribution is 5.95. The molecule has 2 fully saturated rings. The van der Waals surface area contributed by atoms with Crippen molar-refractivity contribution in [2.24, 2.45) is 0 Å². The van der Waals surface area contributed by atoms with Crippen molar-refractivity contribution in [2.75, 3.05) is 44.7 Å². The lowest BCUT2D eigenvalue weighted by molar-refractivity contribution is -0.118. The highest BCUT2D eigenvalue weighted by Crippen LogP contribution is 2.29. The first-order valence-electron chi connectivity index (χ1n) is 10.5. The largest absolute Gasteiger partial charge is 0.482 e. The molecule has 28 heavy (non-hydrogen) atoms. The first-order chi connectivity index (χ1) is 13.7. The van der Waals surface area contributed by atoms with Crippen molar-refractivity contribution in [1.29, 1.82) is 0 Å². The van der Waals surface area contributed by atoms with Gasteiger partial charge in [-0.2, -0.15) is 0 Å². The number of hydrogen-bond acceptors (Lipinski definition) is 6. The fourth-order valence-electron chi connectivity index (χ4n) is 3.97. The molecule has 3 heterocycles.